The summed E-state index contributed by atoms with van der Waals surface area (Å²) in [7, 11) is 0. The highest BCUT2D eigenvalue weighted by Gasteiger charge is 2.23. The van der Waals surface area contributed by atoms with Crippen molar-refractivity contribution in [3.63, 3.8) is 0 Å². The summed E-state index contributed by atoms with van der Waals surface area (Å²) < 4.78 is 29.3. The molecule has 1 atom stereocenters. The molecule has 1 unspecified atom stereocenters. The Morgan fingerprint density at radius 1 is 1.20 bits per heavy atom. The zero-order chi connectivity index (χ0) is 21.8. The third-order valence-corrected chi connectivity index (χ3v) is 5.24. The molecule has 1 heterocycles. The van der Waals surface area contributed by atoms with E-state index in [0.29, 0.717) is 29.4 Å². The van der Waals surface area contributed by atoms with Crippen molar-refractivity contribution in [3.8, 4) is 0 Å². The third-order valence-electron chi connectivity index (χ3n) is 5.24. The topological polar surface area (TPSA) is 59.3 Å². The van der Waals surface area contributed by atoms with Crippen LogP contribution in [0, 0.1) is 11.6 Å². The quantitative estimate of drug-likeness (QED) is 0.540. The van der Waals surface area contributed by atoms with Gasteiger partial charge in [-0.1, -0.05) is 31.2 Å². The Morgan fingerprint density at radius 3 is 2.63 bits per heavy atom. The third kappa shape index (κ3) is 4.17. The van der Waals surface area contributed by atoms with Crippen LogP contribution in [0.5, 0.6) is 0 Å². The number of carboxylic acid groups (broad SMARTS) is 1. The van der Waals surface area contributed by atoms with Gasteiger partial charge in [0.1, 0.15) is 6.04 Å². The van der Waals surface area contributed by atoms with Gasteiger partial charge in [0.2, 0.25) is 0 Å². The normalized spacial score (nSPS) is 12.1. The van der Waals surface area contributed by atoms with E-state index in [0.717, 1.165) is 11.6 Å². The summed E-state index contributed by atoms with van der Waals surface area (Å²) in [6.45, 7) is 5.48. The van der Waals surface area contributed by atoms with E-state index in [9.17, 15) is 23.5 Å². The monoisotopic (exact) mass is 411 g/mol. The van der Waals surface area contributed by atoms with Crippen molar-refractivity contribution in [2.75, 3.05) is 0 Å². The summed E-state index contributed by atoms with van der Waals surface area (Å²) in [4.78, 5) is 24.7. The van der Waals surface area contributed by atoms with Crippen molar-refractivity contribution >= 4 is 16.9 Å². The van der Waals surface area contributed by atoms with E-state index in [-0.39, 0.29) is 23.8 Å². The van der Waals surface area contributed by atoms with Crippen LogP contribution < -0.4 is 5.43 Å². The van der Waals surface area contributed by atoms with Crippen LogP contribution in [0.1, 0.15) is 36.2 Å². The predicted octanol–water partition coefficient (Wildman–Crippen LogP) is 4.83. The van der Waals surface area contributed by atoms with Gasteiger partial charge in [-0.05, 0) is 55.0 Å². The summed E-state index contributed by atoms with van der Waals surface area (Å²) >= 11 is 0. The molecule has 30 heavy (non-hydrogen) atoms. The van der Waals surface area contributed by atoms with E-state index in [4.69, 9.17) is 0 Å². The van der Waals surface area contributed by atoms with Crippen molar-refractivity contribution in [1.29, 1.82) is 0 Å². The first-order valence-corrected chi connectivity index (χ1v) is 9.81. The molecule has 3 rings (SSSR count). The van der Waals surface area contributed by atoms with Crippen LogP contribution in [0.15, 0.2) is 59.9 Å². The fourth-order valence-electron chi connectivity index (χ4n) is 3.76. The molecule has 3 aromatic rings. The number of aromatic nitrogens is 1. The smallest absolute Gasteiger partial charge is 0.326 e. The molecule has 2 aromatic carbocycles. The lowest BCUT2D eigenvalue weighted by atomic mass is 10.0. The second-order valence-corrected chi connectivity index (χ2v) is 7.19. The fraction of sp³-hybridized carbons (Fsp3) is 0.250. The van der Waals surface area contributed by atoms with E-state index in [1.807, 2.05) is 6.07 Å². The Labute approximate surface area is 173 Å². The molecule has 156 valence electrons. The number of carbonyl (C=O) groups is 1. The van der Waals surface area contributed by atoms with Crippen LogP contribution >= 0.6 is 0 Å². The zero-order valence-corrected chi connectivity index (χ0v) is 16.7. The number of nitrogens with zero attached hydrogens (tertiary/aromatic N) is 1. The summed E-state index contributed by atoms with van der Waals surface area (Å²) in [5, 5.41) is 10.2. The minimum absolute atomic E-state index is 0.136. The summed E-state index contributed by atoms with van der Waals surface area (Å²) in [6, 6.07) is 9.78. The van der Waals surface area contributed by atoms with Gasteiger partial charge in [0.25, 0.3) is 0 Å². The number of allylic oxidation sites excluding steroid dienone is 1. The van der Waals surface area contributed by atoms with Crippen molar-refractivity contribution in [2.24, 2.45) is 0 Å². The molecule has 0 radical (unpaired) electrons. The van der Waals surface area contributed by atoms with Gasteiger partial charge in [-0.3, -0.25) is 4.79 Å². The molecule has 0 bridgehead atoms. The molecule has 0 saturated heterocycles. The maximum atomic E-state index is 14.1. The van der Waals surface area contributed by atoms with Gasteiger partial charge in [-0.15, -0.1) is 6.58 Å². The number of halogens is 2. The summed E-state index contributed by atoms with van der Waals surface area (Å²) in [5.41, 5.74) is 1.84. The number of rotatable bonds is 8. The molecule has 0 amide bonds. The van der Waals surface area contributed by atoms with Gasteiger partial charge < -0.3 is 9.67 Å². The Hall–Kier alpha value is -3.28. The number of carboxylic acids is 1. The number of fused-ring (bicyclic) bond motifs is 1. The van der Waals surface area contributed by atoms with Crippen molar-refractivity contribution < 1.29 is 18.7 Å². The van der Waals surface area contributed by atoms with Crippen molar-refractivity contribution in [3.05, 3.63) is 93.8 Å². The number of hydrogen-bond donors (Lipinski definition) is 1. The molecule has 0 fully saturated rings. The van der Waals surface area contributed by atoms with Gasteiger partial charge in [0, 0.05) is 17.1 Å². The molecule has 0 saturated carbocycles. The molecular weight excluding hydrogens is 388 g/mol. The average Bonchev–Trinajstić information content (AvgIpc) is 2.71. The van der Waals surface area contributed by atoms with E-state index in [1.165, 1.54) is 18.2 Å². The Morgan fingerprint density at radius 2 is 1.97 bits per heavy atom. The molecule has 0 aliphatic rings. The second kappa shape index (κ2) is 9.03. The van der Waals surface area contributed by atoms with Gasteiger partial charge >= 0.3 is 5.97 Å². The maximum Gasteiger partial charge on any atom is 0.326 e. The number of pyridine rings is 1. The van der Waals surface area contributed by atoms with E-state index >= 15 is 0 Å². The zero-order valence-electron chi connectivity index (χ0n) is 16.7. The van der Waals surface area contributed by atoms with Gasteiger partial charge in [-0.25, -0.2) is 13.6 Å². The van der Waals surface area contributed by atoms with Crippen molar-refractivity contribution in [2.45, 2.75) is 38.6 Å². The highest BCUT2D eigenvalue weighted by atomic mass is 19.2. The number of benzene rings is 2. The van der Waals surface area contributed by atoms with E-state index in [2.05, 4.69) is 6.58 Å². The lowest BCUT2D eigenvalue weighted by Gasteiger charge is -2.23. The summed E-state index contributed by atoms with van der Waals surface area (Å²) in [6.07, 6.45) is 2.94. The number of aryl methyl sites for hydroxylation is 2. The van der Waals surface area contributed by atoms with Gasteiger partial charge in [0.15, 0.2) is 17.1 Å². The standard InChI is InChI=1S/C24H23F2NO3/c1-3-6-15-9-12-18-21(13-15)27(20(4-2)24(29)30)17(14-22(18)28)11-10-16-7-5-8-19(25)23(16)26/h3,5,7-9,12-14,20H,1,4,6,10-11H2,2H3,(H,29,30). The highest BCUT2D eigenvalue weighted by molar-refractivity contribution is 5.83. The van der Waals surface area contributed by atoms with Crippen LogP contribution in [0.2, 0.25) is 0 Å². The summed E-state index contributed by atoms with van der Waals surface area (Å²) in [5.74, 6) is -2.88. The molecule has 1 N–H and O–H groups in total. The first kappa shape index (κ1) is 21.4. The maximum absolute atomic E-state index is 14.1. The molecule has 0 aliphatic heterocycles. The molecule has 6 heteroatoms. The van der Waals surface area contributed by atoms with Crippen LogP contribution in [-0.4, -0.2) is 15.6 Å². The van der Waals surface area contributed by atoms with Crippen LogP contribution in [0.4, 0.5) is 8.78 Å². The SMILES string of the molecule is C=CCc1ccc2c(=O)cc(CCc3cccc(F)c3F)n(C(CC)C(=O)O)c2c1. The van der Waals surface area contributed by atoms with E-state index in [1.54, 1.807) is 29.7 Å². The van der Waals surface area contributed by atoms with E-state index < -0.39 is 23.6 Å². The molecule has 0 spiro atoms. The average molecular weight is 411 g/mol. The largest absolute Gasteiger partial charge is 0.480 e. The van der Waals surface area contributed by atoms with Crippen LogP contribution in [0.25, 0.3) is 10.9 Å². The fourth-order valence-corrected chi connectivity index (χ4v) is 3.76. The van der Waals surface area contributed by atoms with Crippen LogP contribution in [-0.2, 0) is 24.1 Å². The second-order valence-electron chi connectivity index (χ2n) is 7.19. The molecule has 0 aliphatic carbocycles. The Balaban J connectivity index is 2.18. The minimum atomic E-state index is -1.02. The van der Waals surface area contributed by atoms with Crippen molar-refractivity contribution in [1.82, 2.24) is 4.57 Å². The Bertz CT molecular complexity index is 1170. The Kier molecular flexibility index (Phi) is 6.45. The molecule has 1 aromatic heterocycles. The molecule has 4 nitrogen and oxygen atoms in total. The number of aliphatic carboxylic acids is 1. The number of hydrogen-bond acceptors (Lipinski definition) is 2. The minimum Gasteiger partial charge on any atom is -0.480 e. The first-order chi connectivity index (χ1) is 14.4. The first-order valence-electron chi connectivity index (χ1n) is 9.81. The van der Waals surface area contributed by atoms with Gasteiger partial charge in [-0.2, -0.15) is 0 Å². The molecular formula is C24H23F2NO3. The lowest BCUT2D eigenvalue weighted by Crippen LogP contribution is -2.25. The lowest BCUT2D eigenvalue weighted by molar-refractivity contribution is -0.140. The predicted molar refractivity (Wildman–Crippen MR) is 113 cm³/mol. The highest BCUT2D eigenvalue weighted by Crippen LogP contribution is 2.25. The van der Waals surface area contributed by atoms with Crippen LogP contribution in [0.3, 0.4) is 0 Å². The van der Waals surface area contributed by atoms with Gasteiger partial charge in [0.05, 0.1) is 5.52 Å².